The van der Waals surface area contributed by atoms with Crippen molar-refractivity contribution < 1.29 is 32.2 Å². The van der Waals surface area contributed by atoms with Gasteiger partial charge in [0.1, 0.15) is 17.2 Å². The van der Waals surface area contributed by atoms with Crippen LogP contribution >= 0.6 is 0 Å². The van der Waals surface area contributed by atoms with E-state index < -0.39 is 29.0 Å². The zero-order chi connectivity index (χ0) is 20.4. The quantitative estimate of drug-likeness (QED) is 0.693. The number of oxazole rings is 1. The molecule has 0 atom stereocenters. The molecular formula is C19H16F2N2O5. The number of nitrogens with two attached hydrogens (primary N) is 1. The van der Waals surface area contributed by atoms with E-state index in [0.29, 0.717) is 11.3 Å². The van der Waals surface area contributed by atoms with E-state index in [1.54, 1.807) is 0 Å². The highest BCUT2D eigenvalue weighted by Gasteiger charge is 2.26. The first kappa shape index (κ1) is 19.2. The van der Waals surface area contributed by atoms with Crippen LogP contribution in [-0.2, 0) is 0 Å². The van der Waals surface area contributed by atoms with Crippen LogP contribution in [0.4, 0.5) is 8.78 Å². The number of nitrogens with zero attached hydrogens (tertiary/aromatic N) is 1. The summed E-state index contributed by atoms with van der Waals surface area (Å²) in [6.07, 6.45) is 0. The van der Waals surface area contributed by atoms with E-state index >= 15 is 0 Å². The van der Waals surface area contributed by atoms with E-state index in [1.165, 1.54) is 39.5 Å². The predicted octanol–water partition coefficient (Wildman–Crippen LogP) is 3.41. The van der Waals surface area contributed by atoms with Crippen LogP contribution < -0.4 is 19.9 Å². The summed E-state index contributed by atoms with van der Waals surface area (Å²) in [5, 5.41) is 0. The Bertz CT molecular complexity index is 1000. The van der Waals surface area contributed by atoms with Crippen molar-refractivity contribution in [1.82, 2.24) is 4.98 Å². The van der Waals surface area contributed by atoms with Crippen molar-refractivity contribution in [3.63, 3.8) is 0 Å². The highest BCUT2D eigenvalue weighted by Crippen LogP contribution is 2.42. The summed E-state index contributed by atoms with van der Waals surface area (Å²) in [6.45, 7) is 0. The number of hydrogen-bond acceptors (Lipinski definition) is 6. The molecule has 1 aromatic heterocycles. The van der Waals surface area contributed by atoms with Crippen molar-refractivity contribution in [2.75, 3.05) is 21.3 Å². The van der Waals surface area contributed by atoms with Crippen LogP contribution in [0.15, 0.2) is 34.7 Å². The fourth-order valence-corrected chi connectivity index (χ4v) is 2.70. The SMILES string of the molecule is COc1cc(-c2oc(-c3c(F)cccc3F)nc2C(N)=O)cc(OC)c1OC. The lowest BCUT2D eigenvalue weighted by atomic mass is 10.1. The van der Waals surface area contributed by atoms with Crippen LogP contribution in [0.2, 0.25) is 0 Å². The van der Waals surface area contributed by atoms with E-state index in [1.807, 2.05) is 0 Å². The molecule has 2 aromatic carbocycles. The Labute approximate surface area is 158 Å². The number of hydrogen-bond donors (Lipinski definition) is 1. The summed E-state index contributed by atoms with van der Waals surface area (Å²) in [5.41, 5.74) is 4.86. The normalized spacial score (nSPS) is 10.6. The standard InChI is InChI=1S/C19H16F2N2O5/c1-25-12-7-9(8-13(26-2)17(12)27-3)16-15(18(22)24)23-19(28-16)14-10(20)5-4-6-11(14)21/h4-8H,1-3H3,(H2,22,24). The van der Waals surface area contributed by atoms with E-state index in [-0.39, 0.29) is 23.0 Å². The number of halogens is 2. The molecule has 28 heavy (non-hydrogen) atoms. The van der Waals surface area contributed by atoms with Gasteiger partial charge in [0.2, 0.25) is 11.6 Å². The molecule has 2 N–H and O–H groups in total. The Morgan fingerprint density at radius 1 is 1.04 bits per heavy atom. The Hall–Kier alpha value is -3.62. The van der Waals surface area contributed by atoms with Gasteiger partial charge in [-0.1, -0.05) is 6.07 Å². The Balaban J connectivity index is 2.26. The summed E-state index contributed by atoms with van der Waals surface area (Å²) in [6, 6.07) is 6.29. The van der Waals surface area contributed by atoms with Crippen LogP contribution in [0.25, 0.3) is 22.8 Å². The maximum atomic E-state index is 14.1. The first-order valence-electron chi connectivity index (χ1n) is 7.96. The van der Waals surface area contributed by atoms with Crippen molar-refractivity contribution in [3.05, 3.63) is 47.7 Å². The highest BCUT2D eigenvalue weighted by atomic mass is 19.1. The fourth-order valence-electron chi connectivity index (χ4n) is 2.70. The lowest BCUT2D eigenvalue weighted by molar-refractivity contribution is 0.0996. The molecule has 9 heteroatoms. The molecule has 1 heterocycles. The third-order valence-electron chi connectivity index (χ3n) is 3.96. The molecule has 0 fully saturated rings. The molecule has 0 unspecified atom stereocenters. The molecule has 0 radical (unpaired) electrons. The molecule has 0 saturated carbocycles. The van der Waals surface area contributed by atoms with E-state index in [9.17, 15) is 13.6 Å². The second-order valence-corrected chi connectivity index (χ2v) is 5.57. The second-order valence-electron chi connectivity index (χ2n) is 5.57. The van der Waals surface area contributed by atoms with Crippen LogP contribution in [0.5, 0.6) is 17.2 Å². The number of carbonyl (C=O) groups is 1. The molecule has 3 rings (SSSR count). The molecule has 0 aliphatic rings. The molecule has 1 amide bonds. The Kier molecular flexibility index (Phi) is 5.16. The van der Waals surface area contributed by atoms with Crippen molar-refractivity contribution in [2.45, 2.75) is 0 Å². The zero-order valence-corrected chi connectivity index (χ0v) is 15.2. The number of rotatable bonds is 6. The monoisotopic (exact) mass is 390 g/mol. The van der Waals surface area contributed by atoms with E-state index in [0.717, 1.165) is 12.1 Å². The van der Waals surface area contributed by atoms with Gasteiger partial charge >= 0.3 is 0 Å². The van der Waals surface area contributed by atoms with Crippen LogP contribution in [0.3, 0.4) is 0 Å². The molecule has 7 nitrogen and oxygen atoms in total. The lowest BCUT2D eigenvalue weighted by Crippen LogP contribution is -2.12. The van der Waals surface area contributed by atoms with Crippen LogP contribution in [0.1, 0.15) is 10.5 Å². The summed E-state index contributed by atoms with van der Waals surface area (Å²) < 4.78 is 49.5. The molecule has 3 aromatic rings. The Morgan fingerprint density at radius 3 is 2.07 bits per heavy atom. The number of amides is 1. The van der Waals surface area contributed by atoms with Gasteiger partial charge in [-0.15, -0.1) is 0 Å². The van der Waals surface area contributed by atoms with Gasteiger partial charge in [0.25, 0.3) is 5.91 Å². The van der Waals surface area contributed by atoms with Crippen molar-refractivity contribution >= 4 is 5.91 Å². The van der Waals surface area contributed by atoms with E-state index in [2.05, 4.69) is 4.98 Å². The van der Waals surface area contributed by atoms with Crippen molar-refractivity contribution in [1.29, 1.82) is 0 Å². The number of ether oxygens (including phenoxy) is 3. The number of methoxy groups -OCH3 is 3. The number of primary amides is 1. The smallest absolute Gasteiger partial charge is 0.271 e. The first-order chi connectivity index (χ1) is 13.4. The summed E-state index contributed by atoms with van der Waals surface area (Å²) in [4.78, 5) is 15.8. The lowest BCUT2D eigenvalue weighted by Gasteiger charge is -2.13. The van der Waals surface area contributed by atoms with Gasteiger partial charge < -0.3 is 24.4 Å². The minimum absolute atomic E-state index is 0.0931. The van der Waals surface area contributed by atoms with Crippen molar-refractivity contribution in [3.8, 4) is 40.0 Å². The fraction of sp³-hybridized carbons (Fsp3) is 0.158. The van der Waals surface area contributed by atoms with Gasteiger partial charge in [-0.3, -0.25) is 4.79 Å². The van der Waals surface area contributed by atoms with Crippen LogP contribution in [-0.4, -0.2) is 32.2 Å². The minimum atomic E-state index is -0.935. The summed E-state index contributed by atoms with van der Waals surface area (Å²) >= 11 is 0. The largest absolute Gasteiger partial charge is 0.493 e. The molecule has 0 saturated heterocycles. The second kappa shape index (κ2) is 7.55. The molecular weight excluding hydrogens is 374 g/mol. The molecule has 0 bridgehead atoms. The number of carbonyl (C=O) groups excluding carboxylic acids is 1. The van der Waals surface area contributed by atoms with Gasteiger partial charge in [-0.25, -0.2) is 13.8 Å². The highest BCUT2D eigenvalue weighted by molar-refractivity contribution is 5.97. The maximum absolute atomic E-state index is 14.1. The van der Waals surface area contributed by atoms with Gasteiger partial charge in [0, 0.05) is 5.56 Å². The summed E-state index contributed by atoms with van der Waals surface area (Å²) in [5.74, 6) is -2.37. The maximum Gasteiger partial charge on any atom is 0.271 e. The predicted molar refractivity (Wildman–Crippen MR) is 95.5 cm³/mol. The molecule has 0 aliphatic carbocycles. The van der Waals surface area contributed by atoms with E-state index in [4.69, 9.17) is 24.4 Å². The summed E-state index contributed by atoms with van der Waals surface area (Å²) in [7, 11) is 4.26. The number of aromatic nitrogens is 1. The van der Waals surface area contributed by atoms with Crippen molar-refractivity contribution in [2.24, 2.45) is 5.73 Å². The Morgan fingerprint density at radius 2 is 1.61 bits per heavy atom. The van der Waals surface area contributed by atoms with Gasteiger partial charge in [0.05, 0.1) is 21.3 Å². The third-order valence-corrected chi connectivity index (χ3v) is 3.96. The van der Waals surface area contributed by atoms with Gasteiger partial charge in [0.15, 0.2) is 23.0 Å². The number of benzene rings is 2. The molecule has 0 aliphatic heterocycles. The molecule has 0 spiro atoms. The van der Waals surface area contributed by atoms with Crippen LogP contribution in [0, 0.1) is 11.6 Å². The third kappa shape index (κ3) is 3.22. The minimum Gasteiger partial charge on any atom is -0.493 e. The molecule has 146 valence electrons. The topological polar surface area (TPSA) is 96.8 Å². The zero-order valence-electron chi connectivity index (χ0n) is 15.2. The van der Waals surface area contributed by atoms with Gasteiger partial charge in [-0.05, 0) is 24.3 Å². The average Bonchev–Trinajstić information content (AvgIpc) is 3.11. The average molecular weight is 390 g/mol. The first-order valence-corrected chi connectivity index (χ1v) is 7.96. The van der Waals surface area contributed by atoms with Gasteiger partial charge in [-0.2, -0.15) is 0 Å².